The van der Waals surface area contributed by atoms with Crippen LogP contribution in [-0.2, 0) is 4.74 Å². The van der Waals surface area contributed by atoms with Crippen molar-refractivity contribution >= 4 is 11.9 Å². The summed E-state index contributed by atoms with van der Waals surface area (Å²) >= 11 is 0. The number of carbonyl (C=O) groups is 2. The van der Waals surface area contributed by atoms with Crippen LogP contribution < -0.4 is 4.74 Å². The molecule has 2 aliphatic heterocycles. The topological polar surface area (TPSA) is 68.7 Å². The predicted octanol–water partition coefficient (Wildman–Crippen LogP) is 3.59. The van der Waals surface area contributed by atoms with Gasteiger partial charge in [0.2, 0.25) is 5.88 Å². The van der Waals surface area contributed by atoms with Crippen LogP contribution in [0.4, 0.5) is 9.18 Å². The van der Waals surface area contributed by atoms with E-state index in [0.717, 1.165) is 19.0 Å². The molecule has 0 aromatic carbocycles. The number of methoxy groups -OCH3 is 1. The first kappa shape index (κ1) is 18.6. The summed E-state index contributed by atoms with van der Waals surface area (Å²) in [5.41, 5.74) is -0.383. The molecule has 1 amide bonds. The van der Waals surface area contributed by atoms with E-state index in [1.54, 1.807) is 4.90 Å². The van der Waals surface area contributed by atoms with Gasteiger partial charge >= 0.3 is 6.09 Å². The molecule has 0 aliphatic carbocycles. The van der Waals surface area contributed by atoms with E-state index in [2.05, 4.69) is 4.98 Å². The van der Waals surface area contributed by atoms with E-state index in [-0.39, 0.29) is 41.3 Å². The molecule has 1 aromatic heterocycles. The van der Waals surface area contributed by atoms with Gasteiger partial charge < -0.3 is 14.4 Å². The largest absolute Gasteiger partial charge is 0.480 e. The maximum Gasteiger partial charge on any atom is 0.410 e. The van der Waals surface area contributed by atoms with Gasteiger partial charge in [0.05, 0.1) is 18.9 Å². The van der Waals surface area contributed by atoms with E-state index in [1.807, 2.05) is 20.8 Å². The predicted molar refractivity (Wildman–Crippen MR) is 92.7 cm³/mol. The Balaban J connectivity index is 1.76. The van der Waals surface area contributed by atoms with Crippen molar-refractivity contribution in [3.63, 3.8) is 0 Å². The van der Waals surface area contributed by atoms with Crippen LogP contribution in [0.25, 0.3) is 0 Å². The number of pyridine rings is 1. The van der Waals surface area contributed by atoms with Gasteiger partial charge in [-0.2, -0.15) is 0 Å². The van der Waals surface area contributed by atoms with Crippen molar-refractivity contribution < 1.29 is 23.5 Å². The molecule has 0 N–H and O–H groups in total. The fourth-order valence-corrected chi connectivity index (χ4v) is 3.99. The third-order valence-electron chi connectivity index (χ3n) is 4.98. The van der Waals surface area contributed by atoms with Crippen LogP contribution in [0.5, 0.6) is 5.88 Å². The summed E-state index contributed by atoms with van der Waals surface area (Å²) in [5.74, 6) is -0.875. The molecule has 2 unspecified atom stereocenters. The molecule has 7 heteroatoms. The van der Waals surface area contributed by atoms with Crippen LogP contribution in [0, 0.1) is 11.7 Å². The Labute approximate surface area is 152 Å². The maximum atomic E-state index is 13.6. The molecule has 3 rings (SSSR count). The van der Waals surface area contributed by atoms with Gasteiger partial charge in [-0.25, -0.2) is 14.2 Å². The summed E-state index contributed by atoms with van der Waals surface area (Å²) in [6.45, 7) is 5.52. The highest BCUT2D eigenvalue weighted by molar-refractivity contribution is 6.00. The molecular formula is C19H25FN2O4. The molecule has 142 valence electrons. The lowest BCUT2D eigenvalue weighted by atomic mass is 9.85. The van der Waals surface area contributed by atoms with Gasteiger partial charge in [-0.05, 0) is 52.5 Å². The second-order valence-electron chi connectivity index (χ2n) is 8.02. The Morgan fingerprint density at radius 2 is 1.85 bits per heavy atom. The van der Waals surface area contributed by atoms with E-state index in [4.69, 9.17) is 9.47 Å². The molecule has 2 fully saturated rings. The number of nitrogens with zero attached hydrogens (tertiary/aromatic N) is 2. The van der Waals surface area contributed by atoms with Crippen molar-refractivity contribution in [1.29, 1.82) is 0 Å². The Morgan fingerprint density at radius 1 is 1.23 bits per heavy atom. The number of ketones is 1. The summed E-state index contributed by atoms with van der Waals surface area (Å²) in [6, 6.07) is 1.13. The van der Waals surface area contributed by atoms with Gasteiger partial charge in [0.25, 0.3) is 0 Å². The van der Waals surface area contributed by atoms with Gasteiger partial charge in [-0.3, -0.25) is 4.79 Å². The molecule has 0 radical (unpaired) electrons. The fourth-order valence-electron chi connectivity index (χ4n) is 3.99. The van der Waals surface area contributed by atoms with Gasteiger partial charge in [-0.15, -0.1) is 0 Å². The Morgan fingerprint density at radius 3 is 2.38 bits per heavy atom. The molecule has 2 saturated heterocycles. The molecule has 0 saturated carbocycles. The normalized spacial score (nSPS) is 25.1. The summed E-state index contributed by atoms with van der Waals surface area (Å²) in [5, 5.41) is 0. The number of ether oxygens (including phenoxy) is 2. The number of amides is 1. The van der Waals surface area contributed by atoms with Crippen molar-refractivity contribution in [2.75, 3.05) is 7.11 Å². The first-order valence-corrected chi connectivity index (χ1v) is 8.94. The Hall–Kier alpha value is -2.18. The highest BCUT2D eigenvalue weighted by atomic mass is 19.1. The van der Waals surface area contributed by atoms with E-state index in [9.17, 15) is 14.0 Å². The average molecular weight is 364 g/mol. The van der Waals surface area contributed by atoms with Crippen molar-refractivity contribution in [3.8, 4) is 5.88 Å². The van der Waals surface area contributed by atoms with Crippen LogP contribution in [0.2, 0.25) is 0 Å². The molecule has 26 heavy (non-hydrogen) atoms. The molecule has 1 aromatic rings. The molecule has 2 aliphatic rings. The first-order valence-electron chi connectivity index (χ1n) is 8.94. The Bertz CT molecular complexity index is 702. The molecule has 2 bridgehead atoms. The highest BCUT2D eigenvalue weighted by Gasteiger charge is 2.46. The SMILES string of the molecule is COc1ncc(F)cc1C(=O)C1CC2CCC(C1)N2C(=O)OC(C)(C)C. The lowest BCUT2D eigenvalue weighted by Gasteiger charge is -2.39. The number of rotatable bonds is 3. The zero-order valence-electron chi connectivity index (χ0n) is 15.6. The van der Waals surface area contributed by atoms with Crippen molar-refractivity contribution in [2.24, 2.45) is 5.92 Å². The van der Waals surface area contributed by atoms with Crippen LogP contribution in [0.3, 0.4) is 0 Å². The van der Waals surface area contributed by atoms with Crippen LogP contribution in [-0.4, -0.2) is 46.6 Å². The highest BCUT2D eigenvalue weighted by Crippen LogP contribution is 2.41. The number of carbonyl (C=O) groups excluding carboxylic acids is 2. The molecular weight excluding hydrogens is 339 g/mol. The number of halogens is 1. The van der Waals surface area contributed by atoms with Crippen molar-refractivity contribution in [2.45, 2.75) is 64.1 Å². The van der Waals surface area contributed by atoms with Gasteiger partial charge in [0.15, 0.2) is 5.78 Å². The second-order valence-corrected chi connectivity index (χ2v) is 8.02. The summed E-state index contributed by atoms with van der Waals surface area (Å²) < 4.78 is 24.2. The van der Waals surface area contributed by atoms with Crippen LogP contribution >= 0.6 is 0 Å². The quantitative estimate of drug-likeness (QED) is 0.767. The minimum atomic E-state index is -0.566. The zero-order valence-corrected chi connectivity index (χ0v) is 15.6. The maximum absolute atomic E-state index is 13.6. The van der Waals surface area contributed by atoms with Crippen molar-refractivity contribution in [3.05, 3.63) is 23.6 Å². The number of fused-ring (bicyclic) bond motifs is 2. The van der Waals surface area contributed by atoms with Gasteiger partial charge in [-0.1, -0.05) is 0 Å². The lowest BCUT2D eigenvalue weighted by Crippen LogP contribution is -2.49. The molecule has 2 atom stereocenters. The molecule has 0 spiro atoms. The van der Waals surface area contributed by atoms with E-state index in [0.29, 0.717) is 12.8 Å². The smallest absolute Gasteiger partial charge is 0.410 e. The van der Waals surface area contributed by atoms with Crippen molar-refractivity contribution in [1.82, 2.24) is 9.88 Å². The number of Topliss-reactive ketones (excluding diaryl/α,β-unsaturated/α-hetero) is 1. The standard InChI is InChI=1S/C19H25FN2O4/c1-19(2,3)26-18(24)22-13-5-6-14(22)8-11(7-13)16(23)15-9-12(20)10-21-17(15)25-4/h9-11,13-14H,5-8H2,1-4H3. The summed E-state index contributed by atoms with van der Waals surface area (Å²) in [7, 11) is 1.41. The monoisotopic (exact) mass is 364 g/mol. The fraction of sp³-hybridized carbons (Fsp3) is 0.632. The summed E-state index contributed by atoms with van der Waals surface area (Å²) in [4.78, 5) is 31.1. The van der Waals surface area contributed by atoms with E-state index in [1.165, 1.54) is 13.2 Å². The zero-order chi connectivity index (χ0) is 19.1. The lowest BCUT2D eigenvalue weighted by molar-refractivity contribution is 0.00251. The minimum absolute atomic E-state index is 0.0231. The first-order chi connectivity index (χ1) is 12.2. The molecule has 3 heterocycles. The number of aromatic nitrogens is 1. The minimum Gasteiger partial charge on any atom is -0.480 e. The van der Waals surface area contributed by atoms with E-state index < -0.39 is 11.4 Å². The van der Waals surface area contributed by atoms with E-state index >= 15 is 0 Å². The third kappa shape index (κ3) is 3.66. The van der Waals surface area contributed by atoms with Crippen LogP contribution in [0.1, 0.15) is 56.8 Å². The summed E-state index contributed by atoms with van der Waals surface area (Å²) in [6.07, 6.45) is 3.52. The number of hydrogen-bond donors (Lipinski definition) is 0. The number of piperidine rings is 1. The third-order valence-corrected chi connectivity index (χ3v) is 4.98. The average Bonchev–Trinajstić information content (AvgIpc) is 2.83. The Kier molecular flexibility index (Phi) is 4.90. The van der Waals surface area contributed by atoms with Crippen LogP contribution in [0.15, 0.2) is 12.3 Å². The second kappa shape index (κ2) is 6.85. The number of hydrogen-bond acceptors (Lipinski definition) is 5. The van der Waals surface area contributed by atoms with Gasteiger partial charge in [0, 0.05) is 18.0 Å². The molecule has 6 nitrogen and oxygen atoms in total. The van der Waals surface area contributed by atoms with Gasteiger partial charge in [0.1, 0.15) is 11.4 Å².